The highest BCUT2D eigenvalue weighted by molar-refractivity contribution is 5.94. The van der Waals surface area contributed by atoms with Crippen molar-refractivity contribution in [2.45, 2.75) is 32.0 Å². The molecule has 156 valence electrons. The Morgan fingerprint density at radius 2 is 1.75 bits per heavy atom. The zero-order valence-corrected chi connectivity index (χ0v) is 16.5. The van der Waals surface area contributed by atoms with Crippen molar-refractivity contribution < 1.29 is 22.8 Å². The Morgan fingerprint density at radius 3 is 2.36 bits per heavy atom. The molecule has 1 aromatic carbocycles. The van der Waals surface area contributed by atoms with Gasteiger partial charge >= 0.3 is 6.18 Å². The topological polar surface area (TPSA) is 52.7 Å². The molecule has 2 amide bonds. The Labute approximate surface area is 168 Å². The summed E-state index contributed by atoms with van der Waals surface area (Å²) < 4.78 is 38.5. The summed E-state index contributed by atoms with van der Waals surface area (Å²) in [6.07, 6.45) is -2.86. The number of rotatable bonds is 2. The molecule has 2 heterocycles. The summed E-state index contributed by atoms with van der Waals surface area (Å²) in [6.45, 7) is 4.39. The molecular weight excluding hydrogens is 395 g/mol. The van der Waals surface area contributed by atoms with E-state index in [1.54, 1.807) is 4.90 Å². The second-order valence-corrected chi connectivity index (χ2v) is 7.27. The maximum atomic E-state index is 12.8. The summed E-state index contributed by atoms with van der Waals surface area (Å²) >= 11 is 0. The summed E-state index contributed by atoms with van der Waals surface area (Å²) in [5.41, 5.74) is -0.807. The second-order valence-electron chi connectivity index (χ2n) is 7.27. The summed E-state index contributed by atoms with van der Waals surface area (Å²) in [5, 5.41) is 3.32. The van der Waals surface area contributed by atoms with Crippen LogP contribution in [0.5, 0.6) is 0 Å². The van der Waals surface area contributed by atoms with Crippen molar-refractivity contribution in [3.8, 4) is 0 Å². The Balaban J connectivity index is 0.00000280. The highest BCUT2D eigenvalue weighted by atomic mass is 35.5. The molecule has 0 bridgehead atoms. The van der Waals surface area contributed by atoms with Crippen molar-refractivity contribution in [2.75, 3.05) is 32.7 Å². The maximum absolute atomic E-state index is 12.8. The van der Waals surface area contributed by atoms with E-state index in [1.165, 1.54) is 17.0 Å². The van der Waals surface area contributed by atoms with Crippen LogP contribution < -0.4 is 5.32 Å². The largest absolute Gasteiger partial charge is 0.416 e. The Morgan fingerprint density at radius 1 is 1.11 bits per heavy atom. The number of nitrogens with zero attached hydrogens (tertiary/aromatic N) is 2. The van der Waals surface area contributed by atoms with Crippen LogP contribution in [-0.2, 0) is 11.0 Å². The van der Waals surface area contributed by atoms with E-state index < -0.39 is 17.6 Å². The zero-order chi connectivity index (χ0) is 19.6. The SMILES string of the molecule is C[C@H]1C[C@@H](C(=O)N2CCN(C(=O)c3cccc(C(F)(F)F)c3)CC2)CCN1.Cl. The fourth-order valence-corrected chi connectivity index (χ4v) is 3.76. The van der Waals surface area contributed by atoms with Crippen molar-refractivity contribution in [3.63, 3.8) is 0 Å². The number of carbonyl (C=O) groups excluding carboxylic acids is 2. The van der Waals surface area contributed by atoms with Crippen molar-refractivity contribution in [2.24, 2.45) is 5.92 Å². The van der Waals surface area contributed by atoms with Crippen LogP contribution >= 0.6 is 12.4 Å². The van der Waals surface area contributed by atoms with Gasteiger partial charge in [-0.25, -0.2) is 0 Å². The number of amides is 2. The van der Waals surface area contributed by atoms with Crippen LogP contribution in [0, 0.1) is 5.92 Å². The number of alkyl halides is 3. The number of piperidine rings is 1. The Kier molecular flexibility index (Phi) is 7.33. The van der Waals surface area contributed by atoms with E-state index in [9.17, 15) is 22.8 Å². The van der Waals surface area contributed by atoms with E-state index in [0.29, 0.717) is 32.2 Å². The van der Waals surface area contributed by atoms with Gasteiger partial charge in [-0.15, -0.1) is 12.4 Å². The van der Waals surface area contributed by atoms with Gasteiger partial charge in [0.2, 0.25) is 5.91 Å². The van der Waals surface area contributed by atoms with E-state index in [1.807, 2.05) is 0 Å². The number of piperazine rings is 1. The summed E-state index contributed by atoms with van der Waals surface area (Å²) in [4.78, 5) is 28.5. The normalized spacial score (nSPS) is 23.1. The van der Waals surface area contributed by atoms with E-state index >= 15 is 0 Å². The molecule has 9 heteroatoms. The van der Waals surface area contributed by atoms with Crippen LogP contribution in [0.15, 0.2) is 24.3 Å². The fraction of sp³-hybridized carbons (Fsp3) is 0.579. The molecule has 0 aromatic heterocycles. The van der Waals surface area contributed by atoms with Crippen LogP contribution in [0.2, 0.25) is 0 Å². The molecule has 0 saturated carbocycles. The van der Waals surface area contributed by atoms with Gasteiger partial charge in [0, 0.05) is 43.7 Å². The summed E-state index contributed by atoms with van der Waals surface area (Å²) in [7, 11) is 0. The minimum absolute atomic E-state index is 0. The van der Waals surface area contributed by atoms with Crippen LogP contribution in [0.25, 0.3) is 0 Å². The van der Waals surface area contributed by atoms with Gasteiger partial charge in [-0.05, 0) is 44.5 Å². The molecule has 0 unspecified atom stereocenters. The van der Waals surface area contributed by atoms with E-state index in [2.05, 4.69) is 12.2 Å². The monoisotopic (exact) mass is 419 g/mol. The van der Waals surface area contributed by atoms with Crippen LogP contribution in [0.4, 0.5) is 13.2 Å². The van der Waals surface area contributed by atoms with Crippen molar-refractivity contribution >= 4 is 24.2 Å². The lowest BCUT2D eigenvalue weighted by Crippen LogP contribution is -2.53. The molecule has 0 spiro atoms. The molecule has 1 N–H and O–H groups in total. The quantitative estimate of drug-likeness (QED) is 0.802. The lowest BCUT2D eigenvalue weighted by molar-refractivity contribution is -0.138. The predicted octanol–water partition coefficient (Wildman–Crippen LogP) is 2.80. The molecule has 3 rings (SSSR count). The van der Waals surface area contributed by atoms with Crippen molar-refractivity contribution in [1.82, 2.24) is 15.1 Å². The van der Waals surface area contributed by atoms with Gasteiger partial charge in [-0.3, -0.25) is 9.59 Å². The van der Waals surface area contributed by atoms with Crippen LogP contribution in [-0.4, -0.2) is 60.4 Å². The fourth-order valence-electron chi connectivity index (χ4n) is 3.76. The third kappa shape index (κ3) is 5.17. The molecule has 2 fully saturated rings. The molecule has 1 aromatic rings. The molecule has 0 radical (unpaired) electrons. The van der Waals surface area contributed by atoms with E-state index in [-0.39, 0.29) is 29.8 Å². The first kappa shape index (κ1) is 22.5. The van der Waals surface area contributed by atoms with Gasteiger partial charge in [0.15, 0.2) is 0 Å². The molecule has 2 aliphatic rings. The molecule has 2 saturated heterocycles. The zero-order valence-electron chi connectivity index (χ0n) is 15.7. The van der Waals surface area contributed by atoms with Gasteiger partial charge < -0.3 is 15.1 Å². The number of nitrogens with one attached hydrogen (secondary N) is 1. The third-order valence-corrected chi connectivity index (χ3v) is 5.29. The Bertz CT molecular complexity index is 706. The average molecular weight is 420 g/mol. The number of hydrogen-bond acceptors (Lipinski definition) is 3. The van der Waals surface area contributed by atoms with E-state index in [4.69, 9.17) is 0 Å². The maximum Gasteiger partial charge on any atom is 0.416 e. The van der Waals surface area contributed by atoms with Gasteiger partial charge in [0.25, 0.3) is 5.91 Å². The summed E-state index contributed by atoms with van der Waals surface area (Å²) in [6, 6.07) is 4.79. The standard InChI is InChI=1S/C19H24F3N3O2.ClH/c1-13-11-15(5-6-23-13)18(27)25-9-7-24(8-10-25)17(26)14-3-2-4-16(12-14)19(20,21)22;/h2-4,12-13,15,23H,5-11H2,1H3;1H/t13-,15-;/m0./s1. The van der Waals surface area contributed by atoms with Gasteiger partial charge in [-0.2, -0.15) is 13.2 Å². The van der Waals surface area contributed by atoms with E-state index in [0.717, 1.165) is 31.5 Å². The highest BCUT2D eigenvalue weighted by Crippen LogP contribution is 2.30. The minimum Gasteiger partial charge on any atom is -0.339 e. The number of benzene rings is 1. The first-order chi connectivity index (χ1) is 12.8. The third-order valence-electron chi connectivity index (χ3n) is 5.29. The molecule has 0 aliphatic carbocycles. The second kappa shape index (κ2) is 9.13. The van der Waals surface area contributed by atoms with Crippen molar-refractivity contribution in [1.29, 1.82) is 0 Å². The highest BCUT2D eigenvalue weighted by Gasteiger charge is 2.33. The minimum atomic E-state index is -4.48. The average Bonchev–Trinajstić information content (AvgIpc) is 2.66. The lowest BCUT2D eigenvalue weighted by Gasteiger charge is -2.38. The first-order valence-electron chi connectivity index (χ1n) is 9.24. The molecular formula is C19H25ClF3N3O2. The Hall–Kier alpha value is -1.80. The number of hydrogen-bond donors (Lipinski definition) is 1. The van der Waals surface area contributed by atoms with Crippen LogP contribution in [0.1, 0.15) is 35.7 Å². The van der Waals surface area contributed by atoms with Gasteiger partial charge in [0.05, 0.1) is 5.56 Å². The number of carbonyl (C=O) groups is 2. The van der Waals surface area contributed by atoms with Crippen LogP contribution in [0.3, 0.4) is 0 Å². The first-order valence-corrected chi connectivity index (χ1v) is 9.24. The molecule has 2 atom stereocenters. The molecule has 28 heavy (non-hydrogen) atoms. The lowest BCUT2D eigenvalue weighted by atomic mass is 9.92. The molecule has 2 aliphatic heterocycles. The molecule has 5 nitrogen and oxygen atoms in total. The smallest absolute Gasteiger partial charge is 0.339 e. The van der Waals surface area contributed by atoms with Gasteiger partial charge in [0.1, 0.15) is 0 Å². The predicted molar refractivity (Wildman–Crippen MR) is 101 cm³/mol. The van der Waals surface area contributed by atoms with Gasteiger partial charge in [-0.1, -0.05) is 6.07 Å². The van der Waals surface area contributed by atoms with Crippen molar-refractivity contribution in [3.05, 3.63) is 35.4 Å². The summed E-state index contributed by atoms with van der Waals surface area (Å²) in [5.74, 6) is -0.301. The number of halogens is 4.